The monoisotopic (exact) mass is 141 g/mol. The lowest BCUT2D eigenvalue weighted by Crippen LogP contribution is -2.14. The van der Waals surface area contributed by atoms with Crippen molar-refractivity contribution in [1.29, 1.82) is 0 Å². The molecule has 0 aromatic heterocycles. The summed E-state index contributed by atoms with van der Waals surface area (Å²) in [7, 11) is 0. The van der Waals surface area contributed by atoms with Crippen molar-refractivity contribution in [3.05, 3.63) is 0 Å². The van der Waals surface area contributed by atoms with Crippen molar-refractivity contribution >= 4 is 12.1 Å². The molecular formula is C7H15N3. The fraction of sp³-hybridized carbons (Fsp3) is 0.714. The molecule has 2 N–H and O–H groups in total. The average molecular weight is 141 g/mol. The van der Waals surface area contributed by atoms with Crippen LogP contribution in [0.5, 0.6) is 0 Å². The van der Waals surface area contributed by atoms with E-state index in [1.807, 2.05) is 20.8 Å². The molecule has 0 spiro atoms. The topological polar surface area (TPSA) is 50.7 Å². The maximum atomic E-state index is 5.49. The third kappa shape index (κ3) is 5.44. The van der Waals surface area contributed by atoms with Gasteiger partial charge in [0, 0.05) is 5.71 Å². The molecule has 0 aromatic carbocycles. The van der Waals surface area contributed by atoms with Gasteiger partial charge in [-0.25, -0.2) is 4.99 Å². The van der Waals surface area contributed by atoms with Crippen molar-refractivity contribution in [1.82, 2.24) is 0 Å². The summed E-state index contributed by atoms with van der Waals surface area (Å²) in [6.07, 6.45) is 2.28. The highest BCUT2D eigenvalue weighted by atomic mass is 15.0. The summed E-state index contributed by atoms with van der Waals surface area (Å²) in [5.41, 5.74) is 6.48. The van der Waals surface area contributed by atoms with Crippen LogP contribution in [0.25, 0.3) is 0 Å². The molecule has 0 aromatic rings. The predicted molar refractivity (Wildman–Crippen MR) is 45.5 cm³/mol. The van der Waals surface area contributed by atoms with Crippen molar-refractivity contribution < 1.29 is 0 Å². The fourth-order valence-electron chi connectivity index (χ4n) is 0.340. The Labute approximate surface area is 62.1 Å². The van der Waals surface area contributed by atoms with Gasteiger partial charge in [-0.3, -0.25) is 4.99 Å². The van der Waals surface area contributed by atoms with Gasteiger partial charge in [0.15, 0.2) is 0 Å². The van der Waals surface area contributed by atoms with Gasteiger partial charge in [0.2, 0.25) is 0 Å². The highest BCUT2D eigenvalue weighted by Gasteiger charge is 1.88. The van der Waals surface area contributed by atoms with Gasteiger partial charge in [-0.1, -0.05) is 6.92 Å². The summed E-state index contributed by atoms with van der Waals surface area (Å²) >= 11 is 0. The maximum Gasteiger partial charge on any atom is 0.111 e. The Morgan fingerprint density at radius 2 is 2.20 bits per heavy atom. The lowest BCUT2D eigenvalue weighted by Gasteiger charge is -1.97. The minimum atomic E-state index is -0.0944. The van der Waals surface area contributed by atoms with Crippen LogP contribution >= 0.6 is 0 Å². The number of hydrogen-bond donors (Lipinski definition) is 1. The van der Waals surface area contributed by atoms with Gasteiger partial charge >= 0.3 is 0 Å². The van der Waals surface area contributed by atoms with Gasteiger partial charge < -0.3 is 5.73 Å². The van der Waals surface area contributed by atoms with E-state index in [0.717, 1.165) is 12.1 Å². The zero-order chi connectivity index (χ0) is 7.98. The normalized spacial score (nSPS) is 13.6. The number of aliphatic imine (C=N–C) groups is 2. The zero-order valence-electron chi connectivity index (χ0n) is 6.83. The molecule has 1 atom stereocenters. The van der Waals surface area contributed by atoms with Crippen LogP contribution in [0.1, 0.15) is 27.2 Å². The van der Waals surface area contributed by atoms with Gasteiger partial charge in [0.25, 0.3) is 0 Å². The zero-order valence-corrected chi connectivity index (χ0v) is 6.83. The van der Waals surface area contributed by atoms with Crippen molar-refractivity contribution in [3.63, 3.8) is 0 Å². The second-order valence-corrected chi connectivity index (χ2v) is 2.32. The first-order valence-electron chi connectivity index (χ1n) is 3.45. The standard InChI is InChI=1S/C7H15N3/c1-4-7(8)10-5-9-6(2)3/h5,7H,4,8H2,1-3H3/b10-5-. The molecule has 0 aliphatic rings. The predicted octanol–water partition coefficient (Wildman–Crippen LogP) is 1.19. The van der Waals surface area contributed by atoms with Crippen LogP contribution in [-0.4, -0.2) is 18.2 Å². The maximum absolute atomic E-state index is 5.49. The molecule has 0 bridgehead atoms. The number of hydrogen-bond acceptors (Lipinski definition) is 2. The minimum absolute atomic E-state index is 0.0944. The first kappa shape index (κ1) is 9.30. The second-order valence-electron chi connectivity index (χ2n) is 2.32. The Hall–Kier alpha value is -0.700. The molecule has 0 heterocycles. The quantitative estimate of drug-likeness (QED) is 0.466. The number of nitrogens with two attached hydrogens (primary N) is 1. The summed E-state index contributed by atoms with van der Waals surface area (Å²) < 4.78 is 0. The summed E-state index contributed by atoms with van der Waals surface area (Å²) in [5, 5.41) is 0. The van der Waals surface area contributed by atoms with Gasteiger partial charge in [-0.15, -0.1) is 0 Å². The van der Waals surface area contributed by atoms with E-state index in [1.54, 1.807) is 0 Å². The Morgan fingerprint density at radius 3 is 2.60 bits per heavy atom. The third-order valence-corrected chi connectivity index (χ3v) is 0.992. The Kier molecular flexibility index (Phi) is 4.76. The van der Waals surface area contributed by atoms with Crippen LogP contribution in [0, 0.1) is 0 Å². The molecule has 1 unspecified atom stereocenters. The van der Waals surface area contributed by atoms with Crippen LogP contribution in [0.3, 0.4) is 0 Å². The van der Waals surface area contributed by atoms with Crippen molar-refractivity contribution in [2.45, 2.75) is 33.4 Å². The lowest BCUT2D eigenvalue weighted by atomic mass is 10.4. The summed E-state index contributed by atoms with van der Waals surface area (Å²) in [6, 6.07) is 0. The van der Waals surface area contributed by atoms with E-state index in [4.69, 9.17) is 5.73 Å². The summed E-state index contributed by atoms with van der Waals surface area (Å²) in [4.78, 5) is 7.91. The molecule has 0 fully saturated rings. The molecule has 0 rings (SSSR count). The third-order valence-electron chi connectivity index (χ3n) is 0.992. The first-order valence-corrected chi connectivity index (χ1v) is 3.45. The first-order chi connectivity index (χ1) is 4.66. The number of nitrogens with zero attached hydrogens (tertiary/aromatic N) is 2. The van der Waals surface area contributed by atoms with E-state index in [2.05, 4.69) is 9.98 Å². The van der Waals surface area contributed by atoms with E-state index in [0.29, 0.717) is 0 Å². The van der Waals surface area contributed by atoms with Crippen LogP contribution in [0.2, 0.25) is 0 Å². The van der Waals surface area contributed by atoms with Crippen LogP contribution in [0.15, 0.2) is 9.98 Å². The average Bonchev–Trinajstić information content (AvgIpc) is 1.87. The molecule has 0 saturated heterocycles. The fourth-order valence-corrected chi connectivity index (χ4v) is 0.340. The highest BCUT2D eigenvalue weighted by Crippen LogP contribution is 1.85. The summed E-state index contributed by atoms with van der Waals surface area (Å²) in [5.74, 6) is 0. The largest absolute Gasteiger partial charge is 0.310 e. The van der Waals surface area contributed by atoms with Crippen LogP contribution in [0.4, 0.5) is 0 Å². The smallest absolute Gasteiger partial charge is 0.111 e. The minimum Gasteiger partial charge on any atom is -0.310 e. The van der Waals surface area contributed by atoms with Crippen molar-refractivity contribution in [2.24, 2.45) is 15.7 Å². The molecule has 3 heteroatoms. The molecule has 0 saturated carbocycles. The molecule has 58 valence electrons. The Morgan fingerprint density at radius 1 is 1.60 bits per heavy atom. The van der Waals surface area contributed by atoms with E-state index < -0.39 is 0 Å². The van der Waals surface area contributed by atoms with Crippen molar-refractivity contribution in [2.75, 3.05) is 0 Å². The molecule has 0 aliphatic carbocycles. The van der Waals surface area contributed by atoms with Gasteiger partial charge in [0.1, 0.15) is 6.34 Å². The van der Waals surface area contributed by atoms with Gasteiger partial charge in [-0.2, -0.15) is 0 Å². The Bertz CT molecular complexity index is 134. The van der Waals surface area contributed by atoms with Crippen molar-refractivity contribution in [3.8, 4) is 0 Å². The highest BCUT2D eigenvalue weighted by molar-refractivity contribution is 5.86. The molecule has 0 amide bonds. The molecule has 0 aliphatic heterocycles. The number of rotatable bonds is 3. The molecule has 0 radical (unpaired) electrons. The summed E-state index contributed by atoms with van der Waals surface area (Å²) in [6.45, 7) is 5.83. The van der Waals surface area contributed by atoms with E-state index in [9.17, 15) is 0 Å². The van der Waals surface area contributed by atoms with E-state index in [-0.39, 0.29) is 6.17 Å². The second kappa shape index (κ2) is 5.11. The van der Waals surface area contributed by atoms with Gasteiger partial charge in [-0.05, 0) is 20.3 Å². The van der Waals surface area contributed by atoms with Crippen LogP contribution < -0.4 is 5.73 Å². The van der Waals surface area contributed by atoms with E-state index >= 15 is 0 Å². The molecule has 3 nitrogen and oxygen atoms in total. The SMILES string of the molecule is CCC(N)/N=C\N=C(C)C. The molecule has 10 heavy (non-hydrogen) atoms. The van der Waals surface area contributed by atoms with Crippen LogP contribution in [-0.2, 0) is 0 Å². The van der Waals surface area contributed by atoms with Gasteiger partial charge in [0.05, 0.1) is 6.17 Å². The lowest BCUT2D eigenvalue weighted by molar-refractivity contribution is 0.686. The Balaban J connectivity index is 3.66. The van der Waals surface area contributed by atoms with E-state index in [1.165, 1.54) is 6.34 Å². The molecular weight excluding hydrogens is 126 g/mol.